The first kappa shape index (κ1) is 23.6. The third kappa shape index (κ3) is 4.41. The van der Waals surface area contributed by atoms with Gasteiger partial charge in [-0.25, -0.2) is 4.79 Å². The number of hydrogen-bond donors (Lipinski definition) is 1. The Hall–Kier alpha value is -2.83. The predicted octanol–water partition coefficient (Wildman–Crippen LogP) is 5.67. The van der Waals surface area contributed by atoms with Crippen LogP contribution in [0.5, 0.6) is 5.75 Å². The number of fused-ring (bicyclic) bond motifs is 5. The number of carbonyl (C=O) groups excluding carboxylic acids is 1. The average molecular weight is 489 g/mol. The molecule has 1 saturated heterocycles. The average Bonchev–Trinajstić information content (AvgIpc) is 3.55. The van der Waals surface area contributed by atoms with Gasteiger partial charge >= 0.3 is 5.97 Å². The number of benzene rings is 2. The van der Waals surface area contributed by atoms with Gasteiger partial charge in [-0.1, -0.05) is 37.5 Å². The Morgan fingerprint density at radius 3 is 2.75 bits per heavy atom. The van der Waals surface area contributed by atoms with Gasteiger partial charge in [0.1, 0.15) is 18.5 Å². The molecule has 2 aromatic carbocycles. The largest absolute Gasteiger partial charge is 0.490 e. The second-order valence-electron chi connectivity index (χ2n) is 10.5. The molecule has 3 heterocycles. The standard InChI is InChI=1S/C30H36N2O4/c1-34-30(33)21-13-14-24-26(16-21)32-17-23(35-18-22-10-7-15-31-22)19-36-27-12-6-5-11-25(27)29(32)28(24)20-8-3-2-4-9-20/h5-6,11-14,16,20,22-23,31H,2-4,7-10,15,17-19H2,1H3/t22?,23-/m0/s1. The molecule has 1 unspecified atom stereocenters. The molecule has 2 aliphatic heterocycles. The minimum Gasteiger partial charge on any atom is -0.490 e. The maximum atomic E-state index is 12.5. The van der Waals surface area contributed by atoms with Gasteiger partial charge in [0.2, 0.25) is 0 Å². The lowest BCUT2D eigenvalue weighted by Gasteiger charge is -2.28. The summed E-state index contributed by atoms with van der Waals surface area (Å²) in [5.41, 5.74) is 5.42. The van der Waals surface area contributed by atoms with Gasteiger partial charge in [0.25, 0.3) is 0 Å². The fraction of sp³-hybridized carbons (Fsp3) is 0.500. The molecule has 2 fully saturated rings. The van der Waals surface area contributed by atoms with Crippen molar-refractivity contribution in [3.63, 3.8) is 0 Å². The summed E-state index contributed by atoms with van der Waals surface area (Å²) < 4.78 is 20.3. The third-order valence-corrected chi connectivity index (χ3v) is 8.19. The summed E-state index contributed by atoms with van der Waals surface area (Å²) >= 11 is 0. The number of nitrogens with zero attached hydrogens (tertiary/aromatic N) is 1. The Morgan fingerprint density at radius 1 is 1.08 bits per heavy atom. The van der Waals surface area contributed by atoms with E-state index in [0.29, 0.717) is 37.3 Å². The lowest BCUT2D eigenvalue weighted by atomic mass is 9.81. The van der Waals surface area contributed by atoms with Gasteiger partial charge in [-0.2, -0.15) is 0 Å². The van der Waals surface area contributed by atoms with E-state index in [1.165, 1.54) is 62.3 Å². The van der Waals surface area contributed by atoms with Crippen LogP contribution in [0.15, 0.2) is 42.5 Å². The van der Waals surface area contributed by atoms with E-state index >= 15 is 0 Å². The van der Waals surface area contributed by atoms with Gasteiger partial charge in [-0.3, -0.25) is 0 Å². The summed E-state index contributed by atoms with van der Waals surface area (Å²) in [6.45, 7) is 2.94. The summed E-state index contributed by atoms with van der Waals surface area (Å²) in [4.78, 5) is 12.5. The van der Waals surface area contributed by atoms with Gasteiger partial charge in [0.05, 0.1) is 31.5 Å². The summed E-state index contributed by atoms with van der Waals surface area (Å²) in [5, 5.41) is 4.77. The molecule has 0 bridgehead atoms. The lowest BCUT2D eigenvalue weighted by molar-refractivity contribution is 0.00138. The normalized spacial score (nSPS) is 22.4. The second kappa shape index (κ2) is 10.3. The molecule has 1 N–H and O–H groups in total. The van der Waals surface area contributed by atoms with E-state index in [1.54, 1.807) is 0 Å². The van der Waals surface area contributed by atoms with E-state index in [-0.39, 0.29) is 12.1 Å². The minimum absolute atomic E-state index is 0.0869. The van der Waals surface area contributed by atoms with Crippen molar-refractivity contribution in [1.82, 2.24) is 9.88 Å². The summed E-state index contributed by atoms with van der Waals surface area (Å²) in [5.74, 6) is 1.09. The van der Waals surface area contributed by atoms with Crippen LogP contribution in [0.25, 0.3) is 22.2 Å². The maximum Gasteiger partial charge on any atom is 0.337 e. The first-order chi connectivity index (χ1) is 17.7. The van der Waals surface area contributed by atoms with Crippen LogP contribution in [-0.4, -0.2) is 49.6 Å². The number of rotatable bonds is 5. The van der Waals surface area contributed by atoms with E-state index in [1.807, 2.05) is 18.2 Å². The molecule has 0 spiro atoms. The molecule has 36 heavy (non-hydrogen) atoms. The minimum atomic E-state index is -0.304. The Kier molecular flexibility index (Phi) is 6.72. The summed E-state index contributed by atoms with van der Waals surface area (Å²) in [7, 11) is 1.44. The summed E-state index contributed by atoms with van der Waals surface area (Å²) in [6, 6.07) is 14.9. The Bertz CT molecular complexity index is 1240. The van der Waals surface area contributed by atoms with Crippen molar-refractivity contribution in [2.75, 3.05) is 26.9 Å². The zero-order chi connectivity index (χ0) is 24.5. The highest BCUT2D eigenvalue weighted by molar-refractivity contribution is 5.99. The molecule has 0 amide bonds. The first-order valence-corrected chi connectivity index (χ1v) is 13.5. The zero-order valence-electron chi connectivity index (χ0n) is 21.1. The molecule has 6 heteroatoms. The van der Waals surface area contributed by atoms with E-state index in [2.05, 4.69) is 34.1 Å². The molecule has 190 valence electrons. The fourth-order valence-electron chi connectivity index (χ4n) is 6.38. The smallest absolute Gasteiger partial charge is 0.337 e. The molecular weight excluding hydrogens is 452 g/mol. The van der Waals surface area contributed by atoms with Crippen molar-refractivity contribution in [3.05, 3.63) is 53.6 Å². The van der Waals surface area contributed by atoms with E-state index < -0.39 is 0 Å². The maximum absolute atomic E-state index is 12.5. The van der Waals surface area contributed by atoms with E-state index in [4.69, 9.17) is 14.2 Å². The Morgan fingerprint density at radius 2 is 1.94 bits per heavy atom. The van der Waals surface area contributed by atoms with Crippen LogP contribution in [0.4, 0.5) is 0 Å². The molecule has 1 saturated carbocycles. The van der Waals surface area contributed by atoms with Gasteiger partial charge < -0.3 is 24.1 Å². The number of para-hydroxylation sites is 1. The van der Waals surface area contributed by atoms with Crippen molar-refractivity contribution in [2.45, 2.75) is 69.6 Å². The SMILES string of the molecule is COC(=O)c1ccc2c(C3CCCCC3)c3n(c2c1)C[C@H](OCC1CCCN1)COc1ccccc1-3. The van der Waals surface area contributed by atoms with Crippen molar-refractivity contribution < 1.29 is 19.0 Å². The monoisotopic (exact) mass is 488 g/mol. The van der Waals surface area contributed by atoms with E-state index in [0.717, 1.165) is 29.8 Å². The third-order valence-electron chi connectivity index (χ3n) is 8.19. The fourth-order valence-corrected chi connectivity index (χ4v) is 6.38. The topological polar surface area (TPSA) is 61.7 Å². The van der Waals surface area contributed by atoms with Crippen LogP contribution in [-0.2, 0) is 16.0 Å². The molecule has 3 aliphatic rings. The number of ether oxygens (including phenoxy) is 3. The van der Waals surface area contributed by atoms with Crippen molar-refractivity contribution in [2.24, 2.45) is 0 Å². The number of nitrogens with one attached hydrogen (secondary N) is 1. The molecule has 2 atom stereocenters. The molecular formula is C30H36N2O4. The van der Waals surface area contributed by atoms with Crippen LogP contribution in [0, 0.1) is 0 Å². The number of aromatic nitrogens is 1. The highest BCUT2D eigenvalue weighted by Gasteiger charge is 2.31. The second-order valence-corrected chi connectivity index (χ2v) is 10.5. The van der Waals surface area contributed by atoms with Crippen LogP contribution in [0.2, 0.25) is 0 Å². The highest BCUT2D eigenvalue weighted by atomic mass is 16.5. The van der Waals surface area contributed by atoms with Gasteiger partial charge in [-0.05, 0) is 68.0 Å². The molecule has 6 nitrogen and oxygen atoms in total. The van der Waals surface area contributed by atoms with Gasteiger partial charge in [0, 0.05) is 22.5 Å². The summed E-state index contributed by atoms with van der Waals surface area (Å²) in [6.07, 6.45) is 8.49. The molecule has 0 radical (unpaired) electrons. The first-order valence-electron chi connectivity index (χ1n) is 13.5. The zero-order valence-corrected chi connectivity index (χ0v) is 21.1. The Labute approximate surface area is 212 Å². The number of hydrogen-bond acceptors (Lipinski definition) is 5. The Balaban J connectivity index is 1.51. The molecule has 1 aliphatic carbocycles. The van der Waals surface area contributed by atoms with Crippen LogP contribution >= 0.6 is 0 Å². The van der Waals surface area contributed by atoms with Crippen molar-refractivity contribution in [3.8, 4) is 17.0 Å². The lowest BCUT2D eigenvalue weighted by Crippen LogP contribution is -2.34. The number of methoxy groups -OCH3 is 1. The number of esters is 1. The van der Waals surface area contributed by atoms with Crippen LogP contribution in [0.1, 0.15) is 66.8 Å². The van der Waals surface area contributed by atoms with Gasteiger partial charge in [0.15, 0.2) is 0 Å². The van der Waals surface area contributed by atoms with Crippen molar-refractivity contribution in [1.29, 1.82) is 0 Å². The van der Waals surface area contributed by atoms with Crippen molar-refractivity contribution >= 4 is 16.9 Å². The highest BCUT2D eigenvalue weighted by Crippen LogP contribution is 2.47. The predicted molar refractivity (Wildman–Crippen MR) is 141 cm³/mol. The van der Waals surface area contributed by atoms with Gasteiger partial charge in [-0.15, -0.1) is 0 Å². The van der Waals surface area contributed by atoms with E-state index in [9.17, 15) is 4.79 Å². The molecule has 1 aromatic heterocycles. The molecule has 3 aromatic rings. The number of carbonyl (C=O) groups is 1. The van der Waals surface area contributed by atoms with Crippen LogP contribution < -0.4 is 10.1 Å². The van der Waals surface area contributed by atoms with Crippen LogP contribution in [0.3, 0.4) is 0 Å². The quantitative estimate of drug-likeness (QED) is 0.469. The molecule has 6 rings (SSSR count).